The summed E-state index contributed by atoms with van der Waals surface area (Å²) in [4.78, 5) is 7.65. The Morgan fingerprint density at radius 2 is 2.15 bits per heavy atom. The molecule has 1 rings (SSSR count). The van der Waals surface area contributed by atoms with Gasteiger partial charge in [-0.2, -0.15) is 0 Å². The standard InChI is InChI=1S/C8H13N3O2/c9-2-1-7(12)8(13)6-5-10-3-4-11-6/h3-5,7-8,12-13H,1-2,9H2. The van der Waals surface area contributed by atoms with Crippen molar-refractivity contribution in [3.63, 3.8) is 0 Å². The third kappa shape index (κ3) is 2.73. The van der Waals surface area contributed by atoms with Gasteiger partial charge in [-0.25, -0.2) is 0 Å². The van der Waals surface area contributed by atoms with E-state index >= 15 is 0 Å². The van der Waals surface area contributed by atoms with Crippen molar-refractivity contribution in [3.05, 3.63) is 24.3 Å². The smallest absolute Gasteiger partial charge is 0.123 e. The van der Waals surface area contributed by atoms with Gasteiger partial charge in [0.05, 0.1) is 18.0 Å². The molecule has 0 saturated heterocycles. The van der Waals surface area contributed by atoms with Crippen molar-refractivity contribution < 1.29 is 10.2 Å². The molecule has 1 aromatic heterocycles. The molecule has 0 aliphatic rings. The Hall–Kier alpha value is -1.04. The number of aliphatic hydroxyl groups excluding tert-OH is 2. The summed E-state index contributed by atoms with van der Waals surface area (Å²) in [5.41, 5.74) is 5.60. The highest BCUT2D eigenvalue weighted by Gasteiger charge is 2.18. The zero-order valence-electron chi connectivity index (χ0n) is 7.17. The molecule has 0 aromatic carbocycles. The zero-order chi connectivity index (χ0) is 9.68. The highest BCUT2D eigenvalue weighted by atomic mass is 16.3. The summed E-state index contributed by atoms with van der Waals surface area (Å²) in [6, 6.07) is 0. The Bertz CT molecular complexity index is 242. The largest absolute Gasteiger partial charge is 0.390 e. The first-order valence-electron chi connectivity index (χ1n) is 4.08. The van der Waals surface area contributed by atoms with E-state index in [9.17, 15) is 10.2 Å². The first-order chi connectivity index (χ1) is 6.25. The van der Waals surface area contributed by atoms with Crippen LogP contribution < -0.4 is 5.73 Å². The van der Waals surface area contributed by atoms with Crippen LogP contribution in [0.3, 0.4) is 0 Å². The molecule has 0 saturated carbocycles. The van der Waals surface area contributed by atoms with Gasteiger partial charge in [-0.15, -0.1) is 0 Å². The summed E-state index contributed by atoms with van der Waals surface area (Å²) in [6.07, 6.45) is 2.86. The van der Waals surface area contributed by atoms with E-state index in [2.05, 4.69) is 9.97 Å². The summed E-state index contributed by atoms with van der Waals surface area (Å²) < 4.78 is 0. The molecule has 0 bridgehead atoms. The predicted octanol–water partition coefficient (Wildman–Crippen LogP) is -0.780. The minimum absolute atomic E-state index is 0.332. The molecule has 0 spiro atoms. The molecule has 2 atom stereocenters. The Morgan fingerprint density at radius 1 is 1.38 bits per heavy atom. The average Bonchev–Trinajstić information content (AvgIpc) is 2.18. The number of rotatable bonds is 4. The summed E-state index contributed by atoms with van der Waals surface area (Å²) in [6.45, 7) is 0.332. The molecular weight excluding hydrogens is 170 g/mol. The third-order valence-corrected chi connectivity index (χ3v) is 1.71. The van der Waals surface area contributed by atoms with Gasteiger partial charge < -0.3 is 15.9 Å². The second-order valence-corrected chi connectivity index (χ2v) is 2.72. The molecule has 1 aromatic rings. The second-order valence-electron chi connectivity index (χ2n) is 2.72. The van der Waals surface area contributed by atoms with E-state index in [4.69, 9.17) is 5.73 Å². The Morgan fingerprint density at radius 3 is 2.69 bits per heavy atom. The molecule has 5 heteroatoms. The Labute approximate surface area is 76.3 Å². The highest BCUT2D eigenvalue weighted by Crippen LogP contribution is 2.14. The van der Waals surface area contributed by atoms with E-state index in [0.717, 1.165) is 0 Å². The van der Waals surface area contributed by atoms with Gasteiger partial charge in [0.1, 0.15) is 6.10 Å². The lowest BCUT2D eigenvalue weighted by Crippen LogP contribution is -2.22. The lowest BCUT2D eigenvalue weighted by molar-refractivity contribution is 0.0123. The van der Waals surface area contributed by atoms with Gasteiger partial charge in [0.2, 0.25) is 0 Å². The number of aromatic nitrogens is 2. The quantitative estimate of drug-likeness (QED) is 0.569. The summed E-state index contributed by atoms with van der Waals surface area (Å²) in [5, 5.41) is 18.9. The third-order valence-electron chi connectivity index (χ3n) is 1.71. The van der Waals surface area contributed by atoms with Gasteiger partial charge in [0, 0.05) is 12.4 Å². The van der Waals surface area contributed by atoms with Gasteiger partial charge in [0.25, 0.3) is 0 Å². The molecule has 5 nitrogen and oxygen atoms in total. The van der Waals surface area contributed by atoms with E-state index in [1.54, 1.807) is 0 Å². The van der Waals surface area contributed by atoms with Gasteiger partial charge in [-0.3, -0.25) is 9.97 Å². The number of hydrogen-bond donors (Lipinski definition) is 3. The lowest BCUT2D eigenvalue weighted by Gasteiger charge is -2.15. The fourth-order valence-corrected chi connectivity index (χ4v) is 0.989. The molecule has 1 heterocycles. The fraction of sp³-hybridized carbons (Fsp3) is 0.500. The predicted molar refractivity (Wildman–Crippen MR) is 46.7 cm³/mol. The van der Waals surface area contributed by atoms with Crippen molar-refractivity contribution in [1.82, 2.24) is 9.97 Å². The van der Waals surface area contributed by atoms with E-state index in [-0.39, 0.29) is 0 Å². The maximum Gasteiger partial charge on any atom is 0.123 e. The molecule has 0 radical (unpaired) electrons. The van der Waals surface area contributed by atoms with Crippen LogP contribution in [0.2, 0.25) is 0 Å². The van der Waals surface area contributed by atoms with E-state index in [1.807, 2.05) is 0 Å². The minimum atomic E-state index is -1.00. The van der Waals surface area contributed by atoms with Crippen molar-refractivity contribution in [2.75, 3.05) is 6.54 Å². The molecule has 0 amide bonds. The monoisotopic (exact) mass is 183 g/mol. The van der Waals surface area contributed by atoms with Crippen molar-refractivity contribution in [2.24, 2.45) is 5.73 Å². The van der Waals surface area contributed by atoms with E-state index in [0.29, 0.717) is 18.7 Å². The fourth-order valence-electron chi connectivity index (χ4n) is 0.989. The molecule has 0 fully saturated rings. The van der Waals surface area contributed by atoms with Gasteiger partial charge in [-0.05, 0) is 13.0 Å². The van der Waals surface area contributed by atoms with E-state index in [1.165, 1.54) is 18.6 Å². The van der Waals surface area contributed by atoms with Crippen LogP contribution in [-0.4, -0.2) is 32.8 Å². The van der Waals surface area contributed by atoms with Crippen molar-refractivity contribution in [2.45, 2.75) is 18.6 Å². The van der Waals surface area contributed by atoms with Crippen LogP contribution in [0.25, 0.3) is 0 Å². The molecule has 13 heavy (non-hydrogen) atoms. The van der Waals surface area contributed by atoms with E-state index < -0.39 is 12.2 Å². The second kappa shape index (κ2) is 4.86. The maximum atomic E-state index is 9.51. The topological polar surface area (TPSA) is 92.3 Å². The maximum absolute atomic E-state index is 9.51. The van der Waals surface area contributed by atoms with Crippen LogP contribution in [0.4, 0.5) is 0 Å². The van der Waals surface area contributed by atoms with Crippen molar-refractivity contribution >= 4 is 0 Å². The highest BCUT2D eigenvalue weighted by molar-refractivity contribution is 5.01. The normalized spacial score (nSPS) is 15.3. The van der Waals surface area contributed by atoms with Crippen LogP contribution in [0.15, 0.2) is 18.6 Å². The Kier molecular flexibility index (Phi) is 3.75. The van der Waals surface area contributed by atoms with Gasteiger partial charge >= 0.3 is 0 Å². The summed E-state index contributed by atoms with van der Waals surface area (Å²) >= 11 is 0. The number of nitrogens with two attached hydrogens (primary N) is 1. The summed E-state index contributed by atoms with van der Waals surface area (Å²) in [5.74, 6) is 0. The lowest BCUT2D eigenvalue weighted by atomic mass is 10.1. The van der Waals surface area contributed by atoms with Crippen LogP contribution in [-0.2, 0) is 0 Å². The molecule has 4 N–H and O–H groups in total. The molecular formula is C8H13N3O2. The Balaban J connectivity index is 2.62. The van der Waals surface area contributed by atoms with Crippen LogP contribution in [0.5, 0.6) is 0 Å². The van der Waals surface area contributed by atoms with Crippen LogP contribution in [0, 0.1) is 0 Å². The first-order valence-corrected chi connectivity index (χ1v) is 4.08. The first kappa shape index (κ1) is 10.0. The van der Waals surface area contributed by atoms with Crippen molar-refractivity contribution in [1.29, 1.82) is 0 Å². The number of hydrogen-bond acceptors (Lipinski definition) is 5. The molecule has 72 valence electrons. The van der Waals surface area contributed by atoms with Crippen molar-refractivity contribution in [3.8, 4) is 0 Å². The number of nitrogens with zero attached hydrogens (tertiary/aromatic N) is 2. The molecule has 2 unspecified atom stereocenters. The molecule has 0 aliphatic carbocycles. The summed E-state index contributed by atoms with van der Waals surface area (Å²) in [7, 11) is 0. The SMILES string of the molecule is NCCC(O)C(O)c1cnccn1. The van der Waals surface area contributed by atoms with Crippen LogP contribution >= 0.6 is 0 Å². The minimum Gasteiger partial charge on any atom is -0.390 e. The number of aliphatic hydroxyl groups is 2. The van der Waals surface area contributed by atoms with Crippen LogP contribution in [0.1, 0.15) is 18.2 Å². The average molecular weight is 183 g/mol. The zero-order valence-corrected chi connectivity index (χ0v) is 7.17. The molecule has 0 aliphatic heterocycles. The van der Waals surface area contributed by atoms with Gasteiger partial charge in [0.15, 0.2) is 0 Å². The van der Waals surface area contributed by atoms with Gasteiger partial charge in [-0.1, -0.05) is 0 Å².